The predicted molar refractivity (Wildman–Crippen MR) is 142 cm³/mol. The molecule has 10 nitrogen and oxygen atoms in total. The third-order valence-corrected chi connectivity index (χ3v) is 7.97. The number of ether oxygens (including phenoxy) is 4. The largest absolute Gasteiger partial charge is 0.462 e. The Labute approximate surface area is 225 Å². The molecule has 1 amide bonds. The van der Waals surface area contributed by atoms with Gasteiger partial charge in [-0.25, -0.2) is 4.79 Å². The highest BCUT2D eigenvalue weighted by Gasteiger charge is 2.48. The zero-order valence-electron chi connectivity index (χ0n) is 23.2. The van der Waals surface area contributed by atoms with E-state index < -0.39 is 38.1 Å². The molecule has 1 aliphatic rings. The van der Waals surface area contributed by atoms with Crippen LogP contribution in [-0.4, -0.2) is 62.3 Å². The quantitative estimate of drug-likeness (QED) is 0.176. The van der Waals surface area contributed by atoms with Gasteiger partial charge in [0.05, 0.1) is 38.6 Å². The van der Waals surface area contributed by atoms with E-state index in [0.717, 1.165) is 18.4 Å². The second kappa shape index (κ2) is 16.1. The van der Waals surface area contributed by atoms with Crippen molar-refractivity contribution in [2.24, 2.45) is 0 Å². The van der Waals surface area contributed by atoms with Crippen LogP contribution in [0, 0.1) is 0 Å². The van der Waals surface area contributed by atoms with Gasteiger partial charge in [0.15, 0.2) is 6.29 Å². The van der Waals surface area contributed by atoms with Crippen molar-refractivity contribution in [1.82, 2.24) is 5.32 Å². The van der Waals surface area contributed by atoms with Crippen molar-refractivity contribution in [3.8, 4) is 0 Å². The molecule has 0 aliphatic carbocycles. The zero-order valence-corrected chi connectivity index (χ0v) is 24.1. The normalized spacial score (nSPS) is 22.0. The Kier molecular flexibility index (Phi) is 13.6. The van der Waals surface area contributed by atoms with Gasteiger partial charge >= 0.3 is 13.6 Å². The van der Waals surface area contributed by atoms with E-state index in [4.69, 9.17) is 28.0 Å². The summed E-state index contributed by atoms with van der Waals surface area (Å²) in [6.45, 7) is 10.7. The maximum Gasteiger partial charge on any atom is 0.368 e. The number of rotatable bonds is 16. The fourth-order valence-corrected chi connectivity index (χ4v) is 5.75. The van der Waals surface area contributed by atoms with Gasteiger partial charge in [0, 0.05) is 6.92 Å². The first-order valence-electron chi connectivity index (χ1n) is 13.2. The van der Waals surface area contributed by atoms with Gasteiger partial charge in [-0.2, -0.15) is 0 Å². The lowest BCUT2D eigenvalue weighted by atomic mass is 10.1. The molecule has 4 atom stereocenters. The Balaban J connectivity index is 2.53. The Bertz CT molecular complexity index is 941. The molecule has 0 saturated carbocycles. The molecule has 1 aliphatic heterocycles. The van der Waals surface area contributed by atoms with Crippen LogP contribution in [0.25, 0.3) is 0 Å². The summed E-state index contributed by atoms with van der Waals surface area (Å²) < 4.78 is 48.5. The van der Waals surface area contributed by atoms with Gasteiger partial charge in [0.25, 0.3) is 0 Å². The van der Waals surface area contributed by atoms with Crippen molar-refractivity contribution >= 4 is 19.5 Å². The summed E-state index contributed by atoms with van der Waals surface area (Å²) in [5.41, 5.74) is 0.928. The highest BCUT2D eigenvalue weighted by molar-refractivity contribution is 7.59. The van der Waals surface area contributed by atoms with Crippen LogP contribution >= 0.6 is 7.60 Å². The lowest BCUT2D eigenvalue weighted by molar-refractivity contribution is -0.188. The maximum atomic E-state index is 13.7. The smallest absolute Gasteiger partial charge is 0.368 e. The first-order chi connectivity index (χ1) is 18.2. The van der Waals surface area contributed by atoms with E-state index in [1.165, 1.54) is 13.0 Å². The fourth-order valence-electron chi connectivity index (χ4n) is 4.10. The van der Waals surface area contributed by atoms with E-state index in [2.05, 4.69) is 5.32 Å². The first-order valence-corrected chi connectivity index (χ1v) is 14.8. The number of esters is 1. The van der Waals surface area contributed by atoms with Gasteiger partial charge in [0.2, 0.25) is 5.91 Å². The minimum atomic E-state index is -4.06. The first kappa shape index (κ1) is 32.1. The molecule has 2 rings (SSSR count). The molecular formula is C27H42NO9P. The SMILES string of the molecule is CCOC(=O)/C(=C\[C@H]1O[C@H](OCc2ccccc2)[C@@H](OC(CC)CC)[C@@H]1NC(C)=O)P(=O)(OCC)OCC. The van der Waals surface area contributed by atoms with Crippen LogP contribution in [-0.2, 0) is 48.8 Å². The maximum absolute atomic E-state index is 13.7. The Hall–Kier alpha value is -2.07. The number of benzene rings is 1. The average Bonchev–Trinajstić information content (AvgIpc) is 3.20. The third-order valence-electron chi connectivity index (χ3n) is 5.85. The molecule has 1 N–H and O–H groups in total. The molecule has 1 heterocycles. The molecule has 0 unspecified atom stereocenters. The van der Waals surface area contributed by atoms with Crippen molar-refractivity contribution in [2.45, 2.75) is 91.6 Å². The number of hydrogen-bond acceptors (Lipinski definition) is 9. The summed E-state index contributed by atoms with van der Waals surface area (Å²) in [5.74, 6) is -1.18. The molecule has 214 valence electrons. The number of carbonyl (C=O) groups is 2. The molecule has 1 fully saturated rings. The van der Waals surface area contributed by atoms with Gasteiger partial charge in [-0.1, -0.05) is 44.2 Å². The zero-order chi connectivity index (χ0) is 28.1. The summed E-state index contributed by atoms with van der Waals surface area (Å²) >= 11 is 0. The van der Waals surface area contributed by atoms with E-state index in [9.17, 15) is 14.2 Å². The van der Waals surface area contributed by atoms with E-state index in [-0.39, 0.29) is 43.8 Å². The molecule has 0 spiro atoms. The minimum absolute atomic E-state index is 0.0396. The third kappa shape index (κ3) is 9.00. The second-order valence-electron chi connectivity index (χ2n) is 8.64. The van der Waals surface area contributed by atoms with Crippen LogP contribution in [0.4, 0.5) is 0 Å². The Morgan fingerprint density at radius 3 is 2.18 bits per heavy atom. The van der Waals surface area contributed by atoms with E-state index >= 15 is 0 Å². The number of carbonyl (C=O) groups excluding carboxylic acids is 2. The van der Waals surface area contributed by atoms with E-state index in [1.807, 2.05) is 44.2 Å². The predicted octanol–water partition coefficient (Wildman–Crippen LogP) is 4.72. The van der Waals surface area contributed by atoms with Gasteiger partial charge in [-0.15, -0.1) is 0 Å². The standard InChI is InChI=1S/C27H42NO9P/c1-7-21(8-2)36-25-24(28-19(6)29)22(37-27(25)33-18-20-15-13-12-14-16-20)17-23(26(30)32-9-3)38(31,34-10-4)35-11-5/h12-17,21-22,24-25,27H,7-11,18H2,1-6H3,(H,28,29)/b23-17+/t22-,24-,25+,27+/m1/s1. The highest BCUT2D eigenvalue weighted by Crippen LogP contribution is 2.57. The monoisotopic (exact) mass is 555 g/mol. The van der Waals surface area contributed by atoms with Gasteiger partial charge in [0.1, 0.15) is 17.5 Å². The van der Waals surface area contributed by atoms with E-state index in [1.54, 1.807) is 20.8 Å². The number of hydrogen-bond donors (Lipinski definition) is 1. The lowest BCUT2D eigenvalue weighted by Gasteiger charge is -2.28. The average molecular weight is 556 g/mol. The molecule has 38 heavy (non-hydrogen) atoms. The van der Waals surface area contributed by atoms with Crippen molar-refractivity contribution in [2.75, 3.05) is 19.8 Å². The van der Waals surface area contributed by atoms with E-state index in [0.29, 0.717) is 0 Å². The summed E-state index contributed by atoms with van der Waals surface area (Å²) in [6.07, 6.45) is 0.153. The molecule has 1 aromatic rings. The summed E-state index contributed by atoms with van der Waals surface area (Å²) in [4.78, 5) is 25.2. The van der Waals surface area contributed by atoms with Crippen LogP contribution < -0.4 is 5.32 Å². The summed E-state index contributed by atoms with van der Waals surface area (Å²) in [7, 11) is -4.06. The fraction of sp³-hybridized carbons (Fsp3) is 0.630. The van der Waals surface area contributed by atoms with Crippen LogP contribution in [0.5, 0.6) is 0 Å². The van der Waals surface area contributed by atoms with Crippen LogP contribution in [0.3, 0.4) is 0 Å². The number of amides is 1. The molecule has 0 radical (unpaired) electrons. The van der Waals surface area contributed by atoms with Crippen molar-refractivity contribution < 1.29 is 42.1 Å². The molecule has 0 bridgehead atoms. The summed E-state index contributed by atoms with van der Waals surface area (Å²) in [6, 6.07) is 8.82. The van der Waals surface area contributed by atoms with Crippen LogP contribution in [0.1, 0.15) is 59.9 Å². The Morgan fingerprint density at radius 2 is 1.66 bits per heavy atom. The second-order valence-corrected chi connectivity index (χ2v) is 10.6. The molecule has 1 saturated heterocycles. The number of nitrogens with one attached hydrogen (secondary N) is 1. The van der Waals surface area contributed by atoms with Crippen molar-refractivity contribution in [1.29, 1.82) is 0 Å². The Morgan fingerprint density at radius 1 is 1.03 bits per heavy atom. The van der Waals surface area contributed by atoms with Gasteiger partial charge in [-0.05, 0) is 45.3 Å². The van der Waals surface area contributed by atoms with Gasteiger partial charge in [-0.3, -0.25) is 9.36 Å². The van der Waals surface area contributed by atoms with Gasteiger partial charge < -0.3 is 33.3 Å². The minimum Gasteiger partial charge on any atom is -0.462 e. The molecule has 11 heteroatoms. The highest BCUT2D eigenvalue weighted by atomic mass is 31.2. The molecule has 1 aromatic carbocycles. The molecule has 0 aromatic heterocycles. The van der Waals surface area contributed by atoms with Crippen LogP contribution in [0.15, 0.2) is 41.7 Å². The topological polar surface area (TPSA) is 119 Å². The lowest BCUT2D eigenvalue weighted by Crippen LogP contribution is -2.49. The van der Waals surface area contributed by atoms with Crippen LogP contribution in [0.2, 0.25) is 0 Å². The van der Waals surface area contributed by atoms with Crippen molar-refractivity contribution in [3.63, 3.8) is 0 Å². The summed E-state index contributed by atoms with van der Waals surface area (Å²) in [5, 5.41) is 2.58. The van der Waals surface area contributed by atoms with Crippen molar-refractivity contribution in [3.05, 3.63) is 47.3 Å². The molecular weight excluding hydrogens is 513 g/mol.